The summed E-state index contributed by atoms with van der Waals surface area (Å²) in [4.78, 5) is 4.68. The second-order valence-corrected chi connectivity index (χ2v) is 5.40. The van der Waals surface area contributed by atoms with Gasteiger partial charge in [-0.1, -0.05) is 26.8 Å². The van der Waals surface area contributed by atoms with Gasteiger partial charge in [-0.2, -0.15) is 5.26 Å². The molecule has 0 fully saturated rings. The van der Waals surface area contributed by atoms with Crippen molar-refractivity contribution in [3.63, 3.8) is 0 Å². The van der Waals surface area contributed by atoms with Gasteiger partial charge in [-0.05, 0) is 17.7 Å². The first-order chi connectivity index (χ1) is 7.93. The number of nitriles is 1. The maximum atomic E-state index is 8.71. The maximum absolute atomic E-state index is 8.71. The van der Waals surface area contributed by atoms with E-state index in [1.54, 1.807) is 0 Å². The average molecular weight is 227 g/mol. The zero-order chi connectivity index (χ0) is 12.6. The van der Waals surface area contributed by atoms with Crippen molar-refractivity contribution in [2.75, 3.05) is 0 Å². The molecule has 0 N–H and O–H groups in total. The Balaban J connectivity index is 2.62. The average Bonchev–Trinajstić information content (AvgIpc) is 2.56. The van der Waals surface area contributed by atoms with Crippen LogP contribution in [0.4, 0.5) is 0 Å². The van der Waals surface area contributed by atoms with E-state index in [9.17, 15) is 0 Å². The maximum Gasteiger partial charge on any atom is 0.115 e. The molecule has 1 aromatic heterocycles. The first-order valence-electron chi connectivity index (χ1n) is 5.76. The lowest BCUT2D eigenvalue weighted by atomic mass is 9.96. The summed E-state index contributed by atoms with van der Waals surface area (Å²) in [5.41, 5.74) is 3.16. The van der Waals surface area contributed by atoms with Crippen LogP contribution in [0.15, 0.2) is 18.2 Å². The minimum Gasteiger partial charge on any atom is -0.331 e. The highest BCUT2D eigenvalue weighted by Crippen LogP contribution is 2.25. The number of benzene rings is 1. The number of rotatable bonds is 1. The normalized spacial score (nSPS) is 11.7. The number of hydrogen-bond acceptors (Lipinski definition) is 2. The topological polar surface area (TPSA) is 41.6 Å². The van der Waals surface area contributed by atoms with Crippen LogP contribution in [-0.2, 0) is 18.9 Å². The van der Waals surface area contributed by atoms with Crippen molar-refractivity contribution >= 4 is 11.0 Å². The molecule has 88 valence electrons. The molecule has 0 unspecified atom stereocenters. The molecular weight excluding hydrogens is 210 g/mol. The predicted molar refractivity (Wildman–Crippen MR) is 68.7 cm³/mol. The molecule has 1 aromatic carbocycles. The highest BCUT2D eigenvalue weighted by Gasteiger charge is 2.21. The van der Waals surface area contributed by atoms with Crippen LogP contribution in [-0.4, -0.2) is 9.55 Å². The Morgan fingerprint density at radius 3 is 2.65 bits per heavy atom. The fourth-order valence-corrected chi connectivity index (χ4v) is 2.12. The van der Waals surface area contributed by atoms with Gasteiger partial charge in [-0.3, -0.25) is 0 Å². The van der Waals surface area contributed by atoms with Crippen molar-refractivity contribution in [1.82, 2.24) is 9.55 Å². The minimum absolute atomic E-state index is 0.0309. The van der Waals surface area contributed by atoms with E-state index in [1.165, 1.54) is 0 Å². The number of imidazole rings is 1. The van der Waals surface area contributed by atoms with E-state index in [-0.39, 0.29) is 5.41 Å². The van der Waals surface area contributed by atoms with Crippen LogP contribution in [0.2, 0.25) is 0 Å². The monoisotopic (exact) mass is 227 g/mol. The van der Waals surface area contributed by atoms with Crippen LogP contribution in [0.3, 0.4) is 0 Å². The predicted octanol–water partition coefficient (Wildman–Crippen LogP) is 2.94. The van der Waals surface area contributed by atoms with Crippen LogP contribution < -0.4 is 0 Å². The van der Waals surface area contributed by atoms with Crippen molar-refractivity contribution in [3.05, 3.63) is 29.6 Å². The third kappa shape index (κ3) is 2.03. The molecule has 17 heavy (non-hydrogen) atoms. The zero-order valence-electron chi connectivity index (χ0n) is 10.8. The second-order valence-electron chi connectivity index (χ2n) is 5.40. The van der Waals surface area contributed by atoms with Gasteiger partial charge in [-0.25, -0.2) is 4.98 Å². The Bertz CT molecular complexity index is 594. The summed E-state index contributed by atoms with van der Waals surface area (Å²) in [6, 6.07) is 8.22. The summed E-state index contributed by atoms with van der Waals surface area (Å²) in [6.45, 7) is 6.47. The Morgan fingerprint density at radius 1 is 1.35 bits per heavy atom. The van der Waals surface area contributed by atoms with Gasteiger partial charge >= 0.3 is 0 Å². The van der Waals surface area contributed by atoms with Crippen molar-refractivity contribution in [2.45, 2.75) is 32.6 Å². The quantitative estimate of drug-likeness (QED) is 0.751. The summed E-state index contributed by atoms with van der Waals surface area (Å²) < 4.78 is 2.13. The van der Waals surface area contributed by atoms with Crippen molar-refractivity contribution in [2.24, 2.45) is 7.05 Å². The van der Waals surface area contributed by atoms with E-state index in [1.807, 2.05) is 25.2 Å². The number of hydrogen-bond donors (Lipinski definition) is 0. The van der Waals surface area contributed by atoms with Crippen LogP contribution in [0.1, 0.15) is 32.2 Å². The molecule has 1 heterocycles. The van der Waals surface area contributed by atoms with Crippen molar-refractivity contribution in [1.29, 1.82) is 5.26 Å². The first-order valence-corrected chi connectivity index (χ1v) is 5.76. The van der Waals surface area contributed by atoms with Crippen LogP contribution in [0, 0.1) is 11.3 Å². The first kappa shape index (κ1) is 11.7. The van der Waals surface area contributed by atoms with E-state index in [0.29, 0.717) is 6.42 Å². The summed E-state index contributed by atoms with van der Waals surface area (Å²) in [6.07, 6.45) is 0.442. The second kappa shape index (κ2) is 3.89. The molecule has 0 saturated heterocycles. The molecule has 3 heteroatoms. The molecule has 0 bridgehead atoms. The molecule has 2 aromatic rings. The van der Waals surface area contributed by atoms with E-state index >= 15 is 0 Å². The SMILES string of the molecule is Cn1c(C(C)(C)C)nc2cc(CC#N)ccc21. The minimum atomic E-state index is 0.0309. The third-order valence-corrected chi connectivity index (χ3v) is 2.90. The van der Waals surface area contributed by atoms with Crippen molar-refractivity contribution in [3.8, 4) is 6.07 Å². The van der Waals surface area contributed by atoms with Gasteiger partial charge in [0.25, 0.3) is 0 Å². The summed E-state index contributed by atoms with van der Waals surface area (Å²) in [5.74, 6) is 1.07. The molecule has 0 saturated carbocycles. The molecular formula is C14H17N3. The summed E-state index contributed by atoms with van der Waals surface area (Å²) in [7, 11) is 2.04. The number of aromatic nitrogens is 2. The number of fused-ring (bicyclic) bond motifs is 1. The van der Waals surface area contributed by atoms with Gasteiger partial charge in [0.15, 0.2) is 0 Å². The smallest absolute Gasteiger partial charge is 0.115 e. The van der Waals surface area contributed by atoms with E-state index in [0.717, 1.165) is 22.4 Å². The fourth-order valence-electron chi connectivity index (χ4n) is 2.12. The van der Waals surface area contributed by atoms with Crippen LogP contribution in [0.5, 0.6) is 0 Å². The van der Waals surface area contributed by atoms with E-state index < -0.39 is 0 Å². The highest BCUT2D eigenvalue weighted by molar-refractivity contribution is 5.77. The summed E-state index contributed by atoms with van der Waals surface area (Å²) >= 11 is 0. The van der Waals surface area contributed by atoms with Crippen LogP contribution >= 0.6 is 0 Å². The Morgan fingerprint density at radius 2 is 2.06 bits per heavy atom. The molecule has 2 rings (SSSR count). The Kier molecular flexibility index (Phi) is 2.66. The fraction of sp³-hybridized carbons (Fsp3) is 0.429. The Labute approximate surface area is 102 Å². The molecule has 0 amide bonds. The number of aryl methyl sites for hydroxylation is 1. The lowest BCUT2D eigenvalue weighted by Gasteiger charge is -2.17. The van der Waals surface area contributed by atoms with E-state index in [4.69, 9.17) is 5.26 Å². The molecule has 3 nitrogen and oxygen atoms in total. The van der Waals surface area contributed by atoms with Gasteiger partial charge in [0, 0.05) is 12.5 Å². The zero-order valence-corrected chi connectivity index (χ0v) is 10.8. The van der Waals surface area contributed by atoms with E-state index in [2.05, 4.69) is 36.4 Å². The summed E-state index contributed by atoms with van der Waals surface area (Å²) in [5, 5.41) is 8.71. The van der Waals surface area contributed by atoms with Gasteiger partial charge in [0.1, 0.15) is 5.82 Å². The molecule has 0 radical (unpaired) electrons. The highest BCUT2D eigenvalue weighted by atomic mass is 15.1. The molecule has 0 spiro atoms. The van der Waals surface area contributed by atoms with Gasteiger partial charge in [0.05, 0.1) is 23.5 Å². The lowest BCUT2D eigenvalue weighted by Crippen LogP contribution is -2.17. The van der Waals surface area contributed by atoms with Crippen LogP contribution in [0.25, 0.3) is 11.0 Å². The molecule has 0 atom stereocenters. The Hall–Kier alpha value is -1.82. The third-order valence-electron chi connectivity index (χ3n) is 2.90. The molecule has 0 aliphatic carbocycles. The largest absolute Gasteiger partial charge is 0.331 e. The van der Waals surface area contributed by atoms with Gasteiger partial charge in [-0.15, -0.1) is 0 Å². The standard InChI is InChI=1S/C14H17N3/c1-14(2,3)13-16-11-9-10(7-8-15)5-6-12(11)17(13)4/h5-6,9H,7H2,1-4H3. The van der Waals surface area contributed by atoms with Gasteiger partial charge < -0.3 is 4.57 Å². The molecule has 0 aliphatic heterocycles. The molecule has 0 aliphatic rings. The van der Waals surface area contributed by atoms with Crippen molar-refractivity contribution < 1.29 is 0 Å². The van der Waals surface area contributed by atoms with Gasteiger partial charge in [0.2, 0.25) is 0 Å². The number of nitrogens with zero attached hydrogens (tertiary/aromatic N) is 3. The lowest BCUT2D eigenvalue weighted by molar-refractivity contribution is 0.526.